The van der Waals surface area contributed by atoms with Crippen molar-refractivity contribution in [3.05, 3.63) is 29.3 Å². The van der Waals surface area contributed by atoms with E-state index in [0.717, 1.165) is 0 Å². The number of ether oxygens (including phenoxy) is 1. The van der Waals surface area contributed by atoms with Crippen molar-refractivity contribution in [2.75, 3.05) is 13.7 Å². The molecule has 1 rings (SSSR count). The maximum Gasteiger partial charge on any atom is 0.261 e. The number of aryl methyl sites for hydroxylation is 1. The van der Waals surface area contributed by atoms with Gasteiger partial charge in [0.15, 0.2) is 0 Å². The average molecular weight is 320 g/mol. The molecule has 0 radical (unpaired) electrons. The molecule has 1 N–H and O–H groups in total. The van der Waals surface area contributed by atoms with Gasteiger partial charge in [-0.2, -0.15) is 0 Å². The van der Waals surface area contributed by atoms with Gasteiger partial charge in [-0.05, 0) is 44.5 Å². The van der Waals surface area contributed by atoms with Crippen LogP contribution in [0.15, 0.2) is 23.1 Å². The van der Waals surface area contributed by atoms with Crippen molar-refractivity contribution in [3.8, 4) is 0 Å². The number of amides is 1. The number of hydrogen-bond donors (Lipinski definition) is 1. The molecular weight excluding hydrogens is 302 g/mol. The number of carbonyl (C=O) groups is 1. The first-order valence-corrected chi connectivity index (χ1v) is 8.24. The Balaban J connectivity index is 3.09. The predicted octanol–water partition coefficient (Wildman–Crippen LogP) is 2.08. The molecular formula is C13H18ClNO4S. The van der Waals surface area contributed by atoms with E-state index in [1.54, 1.807) is 20.1 Å². The van der Waals surface area contributed by atoms with E-state index in [9.17, 15) is 13.2 Å². The van der Waals surface area contributed by atoms with Gasteiger partial charge >= 0.3 is 0 Å². The van der Waals surface area contributed by atoms with E-state index in [1.807, 2.05) is 13.8 Å². The fourth-order valence-corrected chi connectivity index (χ4v) is 2.66. The summed E-state index contributed by atoms with van der Waals surface area (Å²) in [4.78, 5) is 12.1. The van der Waals surface area contributed by atoms with Crippen LogP contribution in [0.1, 0.15) is 29.8 Å². The van der Waals surface area contributed by atoms with Crippen LogP contribution < -0.4 is 5.32 Å². The molecule has 0 aromatic heterocycles. The van der Waals surface area contributed by atoms with Crippen LogP contribution in [-0.2, 0) is 13.8 Å². The Hall–Kier alpha value is -1.11. The van der Waals surface area contributed by atoms with Crippen molar-refractivity contribution >= 4 is 25.6 Å². The zero-order valence-electron chi connectivity index (χ0n) is 11.9. The van der Waals surface area contributed by atoms with Gasteiger partial charge in [-0.15, -0.1) is 0 Å². The van der Waals surface area contributed by atoms with Gasteiger partial charge in [0.05, 0.1) is 17.0 Å². The number of methoxy groups -OCH3 is 1. The summed E-state index contributed by atoms with van der Waals surface area (Å²) in [6.45, 7) is 5.65. The van der Waals surface area contributed by atoms with Crippen molar-refractivity contribution < 1.29 is 17.9 Å². The molecule has 0 unspecified atom stereocenters. The Kier molecular flexibility index (Phi) is 5.18. The quantitative estimate of drug-likeness (QED) is 0.843. The zero-order chi connectivity index (χ0) is 15.6. The van der Waals surface area contributed by atoms with Gasteiger partial charge in [0.2, 0.25) is 0 Å². The first-order chi connectivity index (χ1) is 9.05. The maximum absolute atomic E-state index is 12.2. The van der Waals surface area contributed by atoms with E-state index in [1.165, 1.54) is 12.1 Å². The van der Waals surface area contributed by atoms with Crippen LogP contribution in [0.3, 0.4) is 0 Å². The van der Waals surface area contributed by atoms with E-state index in [0.29, 0.717) is 12.2 Å². The van der Waals surface area contributed by atoms with Crippen LogP contribution >= 0.6 is 10.7 Å². The molecule has 7 heteroatoms. The molecule has 1 amide bonds. The second kappa shape index (κ2) is 6.11. The highest BCUT2D eigenvalue weighted by Crippen LogP contribution is 2.19. The lowest BCUT2D eigenvalue weighted by molar-refractivity contribution is 0.0819. The van der Waals surface area contributed by atoms with E-state index >= 15 is 0 Å². The molecule has 20 heavy (non-hydrogen) atoms. The third kappa shape index (κ3) is 4.77. The van der Waals surface area contributed by atoms with E-state index in [4.69, 9.17) is 15.4 Å². The topological polar surface area (TPSA) is 72.5 Å². The molecule has 112 valence electrons. The summed E-state index contributed by atoms with van der Waals surface area (Å²) < 4.78 is 27.7. The number of halogens is 1. The first-order valence-electron chi connectivity index (χ1n) is 5.93. The van der Waals surface area contributed by atoms with Gasteiger partial charge in [-0.25, -0.2) is 8.42 Å². The van der Waals surface area contributed by atoms with Crippen molar-refractivity contribution in [1.29, 1.82) is 0 Å². The molecule has 1 aromatic carbocycles. The van der Waals surface area contributed by atoms with E-state index < -0.39 is 14.6 Å². The maximum atomic E-state index is 12.2. The molecule has 1 aromatic rings. The van der Waals surface area contributed by atoms with Crippen LogP contribution in [0, 0.1) is 6.92 Å². The second-order valence-corrected chi connectivity index (χ2v) is 7.81. The lowest BCUT2D eigenvalue weighted by atomic mass is 10.1. The molecule has 0 saturated heterocycles. The van der Waals surface area contributed by atoms with Crippen LogP contribution in [0.25, 0.3) is 0 Å². The molecule has 0 fully saturated rings. The lowest BCUT2D eigenvalue weighted by Crippen LogP contribution is -2.46. The van der Waals surface area contributed by atoms with Crippen LogP contribution in [0.4, 0.5) is 0 Å². The Labute approximate surface area is 123 Å². The fourth-order valence-electron chi connectivity index (χ4n) is 1.80. The van der Waals surface area contributed by atoms with Crippen LogP contribution in [0.5, 0.6) is 0 Å². The summed E-state index contributed by atoms with van der Waals surface area (Å²) in [5.74, 6) is -0.377. The molecule has 0 aliphatic heterocycles. The Morgan fingerprint density at radius 3 is 2.45 bits per heavy atom. The smallest absolute Gasteiger partial charge is 0.261 e. The number of hydrogen-bond acceptors (Lipinski definition) is 4. The Morgan fingerprint density at radius 1 is 1.35 bits per heavy atom. The molecule has 0 spiro atoms. The molecule has 0 heterocycles. The predicted molar refractivity (Wildman–Crippen MR) is 77.6 cm³/mol. The largest absolute Gasteiger partial charge is 0.382 e. The summed E-state index contributed by atoms with van der Waals surface area (Å²) in [6, 6.07) is 4.27. The second-order valence-electron chi connectivity index (χ2n) is 5.24. The third-order valence-electron chi connectivity index (χ3n) is 2.55. The Morgan fingerprint density at radius 2 is 1.95 bits per heavy atom. The average Bonchev–Trinajstić information content (AvgIpc) is 2.26. The molecule has 0 aliphatic carbocycles. The SMILES string of the molecule is COCC(C)(C)NC(=O)c1cc(C)cc(S(=O)(=O)Cl)c1. The van der Waals surface area contributed by atoms with Crippen LogP contribution in [0.2, 0.25) is 0 Å². The van der Waals surface area contributed by atoms with Crippen molar-refractivity contribution in [2.24, 2.45) is 0 Å². The number of rotatable bonds is 5. The highest BCUT2D eigenvalue weighted by atomic mass is 35.7. The number of carbonyl (C=O) groups excluding carboxylic acids is 1. The van der Waals surface area contributed by atoms with Gasteiger partial charge in [-0.3, -0.25) is 4.79 Å². The zero-order valence-corrected chi connectivity index (χ0v) is 13.4. The van der Waals surface area contributed by atoms with Gasteiger partial charge in [0.1, 0.15) is 0 Å². The Bertz CT molecular complexity index is 611. The monoisotopic (exact) mass is 319 g/mol. The third-order valence-corrected chi connectivity index (χ3v) is 3.88. The summed E-state index contributed by atoms with van der Waals surface area (Å²) in [5, 5.41) is 2.78. The highest BCUT2D eigenvalue weighted by molar-refractivity contribution is 8.13. The van der Waals surface area contributed by atoms with Crippen LogP contribution in [-0.4, -0.2) is 33.6 Å². The highest BCUT2D eigenvalue weighted by Gasteiger charge is 2.22. The van der Waals surface area contributed by atoms with Crippen molar-refractivity contribution in [2.45, 2.75) is 31.2 Å². The minimum atomic E-state index is -3.87. The van der Waals surface area contributed by atoms with Gasteiger partial charge < -0.3 is 10.1 Å². The molecule has 0 aliphatic rings. The lowest BCUT2D eigenvalue weighted by Gasteiger charge is -2.25. The standard InChI is InChI=1S/C13H18ClNO4S/c1-9-5-10(7-11(6-9)20(14,17)18)12(16)15-13(2,3)8-19-4/h5-7H,8H2,1-4H3,(H,15,16). The summed E-state index contributed by atoms with van der Waals surface area (Å²) in [7, 11) is 2.98. The summed E-state index contributed by atoms with van der Waals surface area (Å²) >= 11 is 0. The number of nitrogens with one attached hydrogen (secondary N) is 1. The summed E-state index contributed by atoms with van der Waals surface area (Å²) in [5.41, 5.74) is 0.324. The normalized spacial score (nSPS) is 12.2. The van der Waals surface area contributed by atoms with Gasteiger partial charge in [0, 0.05) is 23.4 Å². The van der Waals surface area contributed by atoms with E-state index in [2.05, 4.69) is 5.32 Å². The fraction of sp³-hybridized carbons (Fsp3) is 0.462. The first kappa shape index (κ1) is 16.9. The molecule has 0 atom stereocenters. The van der Waals surface area contributed by atoms with Gasteiger partial charge in [0.25, 0.3) is 15.0 Å². The minimum absolute atomic E-state index is 0.0890. The minimum Gasteiger partial charge on any atom is -0.382 e. The van der Waals surface area contributed by atoms with Gasteiger partial charge in [-0.1, -0.05) is 0 Å². The van der Waals surface area contributed by atoms with E-state index in [-0.39, 0.29) is 16.4 Å². The molecule has 5 nitrogen and oxygen atoms in total. The van der Waals surface area contributed by atoms with Crippen molar-refractivity contribution in [1.82, 2.24) is 5.32 Å². The number of benzene rings is 1. The summed E-state index contributed by atoms with van der Waals surface area (Å²) in [6.07, 6.45) is 0. The van der Waals surface area contributed by atoms with Crippen molar-refractivity contribution in [3.63, 3.8) is 0 Å². The molecule has 0 bridgehead atoms. The molecule has 0 saturated carbocycles.